The molecule has 31 heavy (non-hydrogen) atoms. The van der Waals surface area contributed by atoms with E-state index in [2.05, 4.69) is 21.0 Å². The molecule has 0 radical (unpaired) electrons. The molecule has 2 aromatic carbocycles. The first-order valence-corrected chi connectivity index (χ1v) is 12.1. The zero-order valence-electron chi connectivity index (χ0n) is 16.5. The number of hydrogen-bond donors (Lipinski definition) is 1. The Morgan fingerprint density at radius 2 is 2.00 bits per heavy atom. The van der Waals surface area contributed by atoms with Crippen molar-refractivity contribution in [3.8, 4) is 11.6 Å². The lowest BCUT2D eigenvalue weighted by Crippen LogP contribution is -2.27. The fourth-order valence-corrected chi connectivity index (χ4v) is 4.97. The van der Waals surface area contributed by atoms with Gasteiger partial charge >= 0.3 is 10.1 Å². The molecule has 0 bridgehead atoms. The van der Waals surface area contributed by atoms with Crippen LogP contribution in [0.2, 0.25) is 0 Å². The van der Waals surface area contributed by atoms with Gasteiger partial charge in [-0.2, -0.15) is 18.2 Å². The number of para-hydroxylation sites is 1. The van der Waals surface area contributed by atoms with Crippen molar-refractivity contribution in [3.63, 3.8) is 0 Å². The van der Waals surface area contributed by atoms with Gasteiger partial charge in [0, 0.05) is 29.7 Å². The van der Waals surface area contributed by atoms with Crippen LogP contribution in [-0.4, -0.2) is 47.1 Å². The lowest BCUT2D eigenvalue weighted by molar-refractivity contribution is 0.182. The van der Waals surface area contributed by atoms with Crippen LogP contribution in [-0.2, 0) is 29.6 Å². The molecule has 4 rings (SSSR count). The molecule has 0 saturated carbocycles. The highest BCUT2D eigenvalue weighted by atomic mass is 79.9. The number of aliphatic hydroxyl groups is 1. The molecule has 0 spiro atoms. The first kappa shape index (κ1) is 21.9. The van der Waals surface area contributed by atoms with Gasteiger partial charge in [0.15, 0.2) is 0 Å². The summed E-state index contributed by atoms with van der Waals surface area (Å²) in [5.41, 5.74) is 2.39. The average Bonchev–Trinajstić information content (AvgIpc) is 3.04. The van der Waals surface area contributed by atoms with Crippen molar-refractivity contribution in [2.45, 2.75) is 19.5 Å². The van der Waals surface area contributed by atoms with Gasteiger partial charge in [-0.25, -0.2) is 4.39 Å². The van der Waals surface area contributed by atoms with Crippen LogP contribution in [0.25, 0.3) is 5.69 Å². The van der Waals surface area contributed by atoms with Gasteiger partial charge < -0.3 is 9.29 Å². The Balaban J connectivity index is 1.71. The van der Waals surface area contributed by atoms with Crippen molar-refractivity contribution in [3.05, 3.63) is 75.6 Å². The summed E-state index contributed by atoms with van der Waals surface area (Å²) in [7, 11) is -3.76. The van der Waals surface area contributed by atoms with E-state index >= 15 is 0 Å². The topological polar surface area (TPSA) is 84.7 Å². The van der Waals surface area contributed by atoms with E-state index in [4.69, 9.17) is 4.18 Å². The quantitative estimate of drug-likeness (QED) is 0.492. The molecular formula is C21H21BrFN3O4S. The van der Waals surface area contributed by atoms with Crippen LogP contribution < -0.4 is 4.18 Å². The Labute approximate surface area is 188 Å². The molecule has 1 N–H and O–H groups in total. The van der Waals surface area contributed by atoms with E-state index in [1.54, 1.807) is 12.1 Å². The molecule has 0 atom stereocenters. The van der Waals surface area contributed by atoms with Gasteiger partial charge in [-0.1, -0.05) is 40.2 Å². The fourth-order valence-electron chi connectivity index (χ4n) is 3.58. The number of benzene rings is 2. The van der Waals surface area contributed by atoms with Crippen LogP contribution in [0.5, 0.6) is 5.88 Å². The number of rotatable bonds is 7. The molecule has 164 valence electrons. The van der Waals surface area contributed by atoms with Crippen LogP contribution in [0.15, 0.2) is 53.0 Å². The number of nitrogens with zero attached hydrogens (tertiary/aromatic N) is 3. The molecule has 0 unspecified atom stereocenters. The van der Waals surface area contributed by atoms with Gasteiger partial charge in [-0.05, 0) is 36.2 Å². The predicted octanol–water partition coefficient (Wildman–Crippen LogP) is 3.03. The van der Waals surface area contributed by atoms with Gasteiger partial charge in [0.1, 0.15) is 11.5 Å². The summed E-state index contributed by atoms with van der Waals surface area (Å²) in [5.74, 6) is -0.674. The SMILES string of the molecule is O=S1(=O)CCc2c(CN(CCO)Cc3cccc(Br)c3)nn(-c3ccccc3F)c2O1. The van der Waals surface area contributed by atoms with Gasteiger partial charge in [0.05, 0.1) is 18.1 Å². The summed E-state index contributed by atoms with van der Waals surface area (Å²) in [4.78, 5) is 2.00. The first-order valence-electron chi connectivity index (χ1n) is 9.72. The van der Waals surface area contributed by atoms with Crippen molar-refractivity contribution < 1.29 is 22.1 Å². The molecule has 0 amide bonds. The Morgan fingerprint density at radius 1 is 1.19 bits per heavy atom. The Bertz CT molecular complexity index is 1200. The first-order chi connectivity index (χ1) is 14.9. The zero-order valence-corrected chi connectivity index (χ0v) is 18.9. The molecule has 10 heteroatoms. The summed E-state index contributed by atoms with van der Waals surface area (Å²) in [6.07, 6.45) is 0.227. The van der Waals surface area contributed by atoms with Gasteiger partial charge in [0.25, 0.3) is 0 Å². The molecular weight excluding hydrogens is 489 g/mol. The highest BCUT2D eigenvalue weighted by molar-refractivity contribution is 9.10. The minimum atomic E-state index is -3.76. The van der Waals surface area contributed by atoms with E-state index in [1.807, 2.05) is 29.2 Å². The second kappa shape index (κ2) is 9.07. The zero-order chi connectivity index (χ0) is 22.0. The number of aliphatic hydroxyl groups excluding tert-OH is 1. The summed E-state index contributed by atoms with van der Waals surface area (Å²) in [6, 6.07) is 13.8. The highest BCUT2D eigenvalue weighted by Crippen LogP contribution is 2.33. The van der Waals surface area contributed by atoms with Crippen LogP contribution >= 0.6 is 15.9 Å². The van der Waals surface area contributed by atoms with Crippen LogP contribution in [0.3, 0.4) is 0 Å². The maximum atomic E-state index is 14.4. The van der Waals surface area contributed by atoms with Crippen molar-refractivity contribution >= 4 is 26.0 Å². The maximum absolute atomic E-state index is 14.4. The largest absolute Gasteiger partial charge is 0.395 e. The molecule has 0 saturated heterocycles. The minimum Gasteiger partial charge on any atom is -0.395 e. The van der Waals surface area contributed by atoms with E-state index in [1.165, 1.54) is 16.8 Å². The molecule has 0 aliphatic carbocycles. The number of aromatic nitrogens is 2. The lowest BCUT2D eigenvalue weighted by Gasteiger charge is -2.21. The normalized spacial score (nSPS) is 15.0. The Morgan fingerprint density at radius 3 is 2.74 bits per heavy atom. The number of fused-ring (bicyclic) bond motifs is 1. The van der Waals surface area contributed by atoms with E-state index < -0.39 is 15.9 Å². The minimum absolute atomic E-state index is 0.0257. The van der Waals surface area contributed by atoms with Gasteiger partial charge in [-0.3, -0.25) is 4.90 Å². The van der Waals surface area contributed by atoms with E-state index in [9.17, 15) is 17.9 Å². The monoisotopic (exact) mass is 509 g/mol. The second-order valence-corrected chi connectivity index (χ2v) is 9.86. The van der Waals surface area contributed by atoms with Crippen molar-refractivity contribution in [2.75, 3.05) is 18.9 Å². The van der Waals surface area contributed by atoms with Crippen LogP contribution in [0.1, 0.15) is 16.8 Å². The molecule has 1 aliphatic rings. The van der Waals surface area contributed by atoms with E-state index in [-0.39, 0.29) is 30.3 Å². The number of hydrogen-bond acceptors (Lipinski definition) is 6. The van der Waals surface area contributed by atoms with Crippen molar-refractivity contribution in [2.24, 2.45) is 0 Å². The third-order valence-electron chi connectivity index (χ3n) is 4.99. The molecule has 1 aromatic heterocycles. The standard InChI is InChI=1S/C21H21BrFN3O4S/c22-16-5-3-4-15(12-16)13-25(9-10-27)14-19-17-8-11-31(28,29)30-21(17)26(24-19)20-7-2-1-6-18(20)23/h1-7,12,27H,8-11,13-14H2. The number of halogens is 2. The van der Waals surface area contributed by atoms with E-state index in [0.717, 1.165) is 10.0 Å². The Kier molecular flexibility index (Phi) is 6.42. The smallest absolute Gasteiger partial charge is 0.311 e. The predicted molar refractivity (Wildman–Crippen MR) is 117 cm³/mol. The lowest BCUT2D eigenvalue weighted by atomic mass is 10.1. The molecule has 7 nitrogen and oxygen atoms in total. The second-order valence-electron chi connectivity index (χ2n) is 7.25. The fraction of sp³-hybridized carbons (Fsp3) is 0.286. The van der Waals surface area contributed by atoms with Crippen LogP contribution in [0.4, 0.5) is 4.39 Å². The van der Waals surface area contributed by atoms with Crippen LogP contribution in [0, 0.1) is 5.82 Å². The van der Waals surface area contributed by atoms with Gasteiger partial charge in [-0.15, -0.1) is 0 Å². The summed E-state index contributed by atoms with van der Waals surface area (Å²) >= 11 is 3.46. The maximum Gasteiger partial charge on any atom is 0.311 e. The van der Waals surface area contributed by atoms with Crippen molar-refractivity contribution in [1.29, 1.82) is 0 Å². The molecule has 0 fully saturated rings. The average molecular weight is 510 g/mol. The van der Waals surface area contributed by atoms with Crippen molar-refractivity contribution in [1.82, 2.24) is 14.7 Å². The summed E-state index contributed by atoms with van der Waals surface area (Å²) in [5, 5.41) is 14.1. The highest BCUT2D eigenvalue weighted by Gasteiger charge is 2.32. The summed E-state index contributed by atoms with van der Waals surface area (Å²) < 4.78 is 46.0. The third kappa shape index (κ3) is 4.98. The Hall–Kier alpha value is -2.27. The molecule has 3 aromatic rings. The van der Waals surface area contributed by atoms with E-state index in [0.29, 0.717) is 30.9 Å². The third-order valence-corrected chi connectivity index (χ3v) is 6.60. The van der Waals surface area contributed by atoms with Gasteiger partial charge in [0.2, 0.25) is 5.88 Å². The molecule has 1 aliphatic heterocycles. The molecule has 2 heterocycles. The summed E-state index contributed by atoms with van der Waals surface area (Å²) in [6.45, 7) is 1.25.